The van der Waals surface area contributed by atoms with E-state index in [0.29, 0.717) is 18.6 Å². The first kappa shape index (κ1) is 24.2. The predicted octanol–water partition coefficient (Wildman–Crippen LogP) is 4.16. The van der Waals surface area contributed by atoms with Crippen LogP contribution in [0.3, 0.4) is 0 Å². The summed E-state index contributed by atoms with van der Waals surface area (Å²) in [4.78, 5) is 7.91. The minimum atomic E-state index is -0.0756. The van der Waals surface area contributed by atoms with Gasteiger partial charge in [-0.05, 0) is 106 Å². The number of aromatic nitrogens is 3. The molecular weight excluding hydrogens is 426 g/mol. The highest BCUT2D eigenvalue weighted by Crippen LogP contribution is 2.65. The van der Waals surface area contributed by atoms with Gasteiger partial charge in [0.25, 0.3) is 0 Å². The smallest absolute Gasteiger partial charge is 0.136 e. The maximum Gasteiger partial charge on any atom is 0.136 e. The zero-order chi connectivity index (χ0) is 23.9. The van der Waals surface area contributed by atoms with Crippen molar-refractivity contribution >= 4 is 5.71 Å². The number of rotatable bonds is 7. The van der Waals surface area contributed by atoms with Crippen molar-refractivity contribution in [2.45, 2.75) is 90.7 Å². The van der Waals surface area contributed by atoms with Gasteiger partial charge in [0.05, 0.1) is 24.1 Å². The van der Waals surface area contributed by atoms with Crippen molar-refractivity contribution in [3.63, 3.8) is 0 Å². The average Bonchev–Trinajstić information content (AvgIpc) is 3.39. The number of likely N-dealkylation sites (N-methyl/N-ethyl adjacent to an activating group) is 1. The van der Waals surface area contributed by atoms with E-state index in [9.17, 15) is 5.11 Å². The summed E-state index contributed by atoms with van der Waals surface area (Å²) >= 11 is 0. The van der Waals surface area contributed by atoms with Crippen molar-refractivity contribution < 1.29 is 9.94 Å². The molecule has 0 radical (unpaired) electrons. The van der Waals surface area contributed by atoms with Crippen LogP contribution >= 0.6 is 0 Å². The van der Waals surface area contributed by atoms with Gasteiger partial charge in [0.2, 0.25) is 0 Å². The fourth-order valence-corrected chi connectivity index (χ4v) is 8.29. The summed E-state index contributed by atoms with van der Waals surface area (Å²) in [5.41, 5.74) is 2.89. The number of nitrogens with zero attached hydrogens (tertiary/aromatic N) is 5. The third kappa shape index (κ3) is 4.43. The molecule has 0 aliphatic heterocycles. The summed E-state index contributed by atoms with van der Waals surface area (Å²) in [5.74, 6) is 3.11. The lowest BCUT2D eigenvalue weighted by Gasteiger charge is -2.60. The van der Waals surface area contributed by atoms with Crippen LogP contribution in [0.25, 0.3) is 0 Å². The minimum absolute atomic E-state index is 0.0756. The van der Waals surface area contributed by atoms with Crippen LogP contribution in [0.1, 0.15) is 77.3 Å². The van der Waals surface area contributed by atoms with Gasteiger partial charge < -0.3 is 14.8 Å². The molecule has 1 N–H and O–H groups in total. The SMILES string of the molecule is CN(C)CCc1cn(CCON=C2CCC3(C)C(CCC4C5CCC(O)C5(C)CCC43)C2)nn1. The third-order valence-electron chi connectivity index (χ3n) is 10.5. The van der Waals surface area contributed by atoms with Crippen molar-refractivity contribution in [3.8, 4) is 0 Å². The standard InChI is InChI=1S/C27H45N5O2/c1-26-12-9-20(29-34-16-15-32-18-21(28-30-32)11-14-31(3)4)17-19(26)5-6-22-23-7-8-25(33)27(23,2)13-10-24(22)26/h18-19,22-25,33H,5-17H2,1-4H3. The molecule has 0 aromatic carbocycles. The van der Waals surface area contributed by atoms with Crippen LogP contribution in [0.15, 0.2) is 11.4 Å². The summed E-state index contributed by atoms with van der Waals surface area (Å²) in [7, 11) is 4.14. The van der Waals surface area contributed by atoms with Gasteiger partial charge in [-0.2, -0.15) is 0 Å². The molecule has 0 saturated heterocycles. The van der Waals surface area contributed by atoms with Crippen molar-refractivity contribution in [3.05, 3.63) is 11.9 Å². The molecule has 7 nitrogen and oxygen atoms in total. The Hall–Kier alpha value is -1.47. The summed E-state index contributed by atoms with van der Waals surface area (Å²) in [6, 6.07) is 0. The zero-order valence-corrected chi connectivity index (χ0v) is 21.7. The Kier molecular flexibility index (Phi) is 6.79. The first-order valence-electron chi connectivity index (χ1n) is 13.7. The van der Waals surface area contributed by atoms with Crippen molar-refractivity contribution in [2.24, 2.45) is 39.7 Å². The number of aliphatic hydroxyl groups excluding tert-OH is 1. The molecule has 1 heterocycles. The first-order chi connectivity index (χ1) is 16.3. The molecule has 7 heteroatoms. The molecule has 5 rings (SSSR count). The molecule has 4 saturated carbocycles. The van der Waals surface area contributed by atoms with Crippen molar-refractivity contribution in [1.82, 2.24) is 19.9 Å². The van der Waals surface area contributed by atoms with Gasteiger partial charge in [0, 0.05) is 19.2 Å². The second-order valence-electron chi connectivity index (χ2n) is 12.5. The van der Waals surface area contributed by atoms with Gasteiger partial charge in [-0.25, -0.2) is 4.68 Å². The normalized spacial score (nSPS) is 40.8. The molecule has 4 aliphatic rings. The minimum Gasteiger partial charge on any atom is -0.394 e. The topological polar surface area (TPSA) is 75.8 Å². The maximum absolute atomic E-state index is 10.7. The summed E-state index contributed by atoms with van der Waals surface area (Å²) < 4.78 is 1.86. The van der Waals surface area contributed by atoms with E-state index in [0.717, 1.165) is 61.6 Å². The van der Waals surface area contributed by atoms with Gasteiger partial charge in [0.15, 0.2) is 0 Å². The van der Waals surface area contributed by atoms with Gasteiger partial charge in [0.1, 0.15) is 6.61 Å². The predicted molar refractivity (Wildman–Crippen MR) is 133 cm³/mol. The molecule has 0 bridgehead atoms. The van der Waals surface area contributed by atoms with E-state index < -0.39 is 0 Å². The largest absolute Gasteiger partial charge is 0.394 e. The van der Waals surface area contributed by atoms with Gasteiger partial charge >= 0.3 is 0 Å². The zero-order valence-electron chi connectivity index (χ0n) is 21.7. The van der Waals surface area contributed by atoms with E-state index >= 15 is 0 Å². The van der Waals surface area contributed by atoms with E-state index in [2.05, 4.69) is 48.3 Å². The van der Waals surface area contributed by atoms with Crippen LogP contribution in [0.5, 0.6) is 0 Å². The lowest BCUT2D eigenvalue weighted by Crippen LogP contribution is -2.54. The highest BCUT2D eigenvalue weighted by atomic mass is 16.6. The average molecular weight is 472 g/mol. The van der Waals surface area contributed by atoms with Crippen LogP contribution in [-0.2, 0) is 17.8 Å². The Balaban J connectivity index is 1.13. The van der Waals surface area contributed by atoms with E-state index in [1.54, 1.807) is 0 Å². The van der Waals surface area contributed by atoms with Gasteiger partial charge in [-0.3, -0.25) is 0 Å². The van der Waals surface area contributed by atoms with Gasteiger partial charge in [-0.15, -0.1) is 5.10 Å². The van der Waals surface area contributed by atoms with Crippen molar-refractivity contribution in [2.75, 3.05) is 27.2 Å². The summed E-state index contributed by atoms with van der Waals surface area (Å²) in [5, 5.41) is 23.7. The van der Waals surface area contributed by atoms with Crippen LogP contribution in [-0.4, -0.2) is 64.1 Å². The van der Waals surface area contributed by atoms with E-state index in [-0.39, 0.29) is 11.5 Å². The number of hydrogen-bond acceptors (Lipinski definition) is 6. The number of hydrogen-bond donors (Lipinski definition) is 1. The van der Waals surface area contributed by atoms with Crippen LogP contribution in [0.4, 0.5) is 0 Å². The lowest BCUT2D eigenvalue weighted by atomic mass is 9.45. The van der Waals surface area contributed by atoms with Crippen LogP contribution < -0.4 is 0 Å². The molecule has 7 unspecified atom stereocenters. The van der Waals surface area contributed by atoms with E-state index in [1.807, 2.05) is 10.9 Å². The molecule has 34 heavy (non-hydrogen) atoms. The molecule has 4 aliphatic carbocycles. The van der Waals surface area contributed by atoms with Crippen LogP contribution in [0.2, 0.25) is 0 Å². The van der Waals surface area contributed by atoms with Crippen molar-refractivity contribution in [1.29, 1.82) is 0 Å². The lowest BCUT2D eigenvalue weighted by molar-refractivity contribution is -0.112. The Morgan fingerprint density at radius 3 is 2.76 bits per heavy atom. The Labute approximate surface area is 205 Å². The summed E-state index contributed by atoms with van der Waals surface area (Å²) in [6.07, 6.45) is 13.7. The third-order valence-corrected chi connectivity index (χ3v) is 10.5. The highest BCUT2D eigenvalue weighted by Gasteiger charge is 2.59. The number of aliphatic hydroxyl groups is 1. The monoisotopic (exact) mass is 471 g/mol. The van der Waals surface area contributed by atoms with Crippen LogP contribution in [0, 0.1) is 34.5 Å². The molecule has 0 amide bonds. The van der Waals surface area contributed by atoms with Gasteiger partial charge in [-0.1, -0.05) is 24.2 Å². The molecule has 4 fully saturated rings. The molecule has 1 aromatic rings. The Morgan fingerprint density at radius 1 is 1.12 bits per heavy atom. The molecular formula is C27H45N5O2. The first-order valence-corrected chi connectivity index (χ1v) is 13.7. The number of fused-ring (bicyclic) bond motifs is 5. The Morgan fingerprint density at radius 2 is 1.94 bits per heavy atom. The Bertz CT molecular complexity index is 884. The summed E-state index contributed by atoms with van der Waals surface area (Å²) in [6.45, 7) is 7.16. The second-order valence-corrected chi connectivity index (χ2v) is 12.5. The fourth-order valence-electron chi connectivity index (χ4n) is 8.29. The molecule has 190 valence electrons. The fraction of sp³-hybridized carbons (Fsp3) is 0.889. The molecule has 1 aromatic heterocycles. The second kappa shape index (κ2) is 9.53. The van der Waals surface area contributed by atoms with E-state index in [1.165, 1.54) is 44.2 Å². The molecule has 7 atom stereocenters. The van der Waals surface area contributed by atoms with E-state index in [4.69, 9.17) is 4.84 Å². The maximum atomic E-state index is 10.7. The number of oxime groups is 1. The quantitative estimate of drug-likeness (QED) is 0.477. The molecule has 0 spiro atoms. The highest BCUT2D eigenvalue weighted by molar-refractivity contribution is 5.85.